The number of likely N-dealkylation sites (tertiary alicyclic amines) is 1. The number of nitrogen functional groups attached to an aromatic ring is 1. The standard InChI is InChI=1S/C10H11FN2O2/c11-7-1-6(2-8(12)3-7)10(15)13-4-9(14)5-13/h1-3,9,14H,4-5,12H2. The van der Waals surface area contributed by atoms with Gasteiger partial charge in [-0.1, -0.05) is 0 Å². The Labute approximate surface area is 86.1 Å². The molecule has 0 spiro atoms. The number of hydrogen-bond donors (Lipinski definition) is 2. The number of anilines is 1. The fourth-order valence-electron chi connectivity index (χ4n) is 1.54. The smallest absolute Gasteiger partial charge is 0.254 e. The van der Waals surface area contributed by atoms with Gasteiger partial charge in [0.2, 0.25) is 0 Å². The number of amides is 1. The molecule has 0 unspecified atom stereocenters. The maximum absolute atomic E-state index is 13.0. The number of halogens is 1. The molecule has 80 valence electrons. The molecule has 5 heteroatoms. The summed E-state index contributed by atoms with van der Waals surface area (Å²) in [6, 6.07) is 3.72. The summed E-state index contributed by atoms with van der Waals surface area (Å²) < 4.78 is 13.0. The van der Waals surface area contributed by atoms with Crippen molar-refractivity contribution in [3.63, 3.8) is 0 Å². The predicted molar refractivity (Wildman–Crippen MR) is 52.7 cm³/mol. The Hall–Kier alpha value is -1.62. The van der Waals surface area contributed by atoms with Crippen molar-refractivity contribution in [1.29, 1.82) is 0 Å². The molecule has 2 rings (SSSR count). The summed E-state index contributed by atoms with van der Waals surface area (Å²) in [5.41, 5.74) is 5.87. The van der Waals surface area contributed by atoms with Gasteiger partial charge in [-0.15, -0.1) is 0 Å². The van der Waals surface area contributed by atoms with E-state index < -0.39 is 11.9 Å². The number of aliphatic hydroxyl groups is 1. The summed E-state index contributed by atoms with van der Waals surface area (Å²) in [4.78, 5) is 13.1. The Morgan fingerprint density at radius 3 is 2.67 bits per heavy atom. The number of carbonyl (C=O) groups is 1. The van der Waals surface area contributed by atoms with Crippen LogP contribution in [0.5, 0.6) is 0 Å². The second-order valence-electron chi connectivity index (χ2n) is 3.64. The van der Waals surface area contributed by atoms with E-state index in [1.807, 2.05) is 0 Å². The van der Waals surface area contributed by atoms with E-state index >= 15 is 0 Å². The van der Waals surface area contributed by atoms with E-state index in [2.05, 4.69) is 0 Å². The van der Waals surface area contributed by atoms with E-state index in [1.54, 1.807) is 0 Å². The minimum absolute atomic E-state index is 0.222. The van der Waals surface area contributed by atoms with Crippen LogP contribution in [0.25, 0.3) is 0 Å². The van der Waals surface area contributed by atoms with Crippen molar-refractivity contribution in [2.24, 2.45) is 0 Å². The van der Waals surface area contributed by atoms with Gasteiger partial charge in [-0.05, 0) is 18.2 Å². The summed E-state index contributed by atoms with van der Waals surface area (Å²) >= 11 is 0. The number of nitrogens with zero attached hydrogens (tertiary/aromatic N) is 1. The number of aliphatic hydroxyl groups excluding tert-OH is 1. The zero-order valence-corrected chi connectivity index (χ0v) is 7.98. The van der Waals surface area contributed by atoms with Crippen molar-refractivity contribution in [1.82, 2.24) is 4.90 Å². The molecule has 4 nitrogen and oxygen atoms in total. The van der Waals surface area contributed by atoms with E-state index in [0.29, 0.717) is 13.1 Å². The zero-order chi connectivity index (χ0) is 11.0. The van der Waals surface area contributed by atoms with Gasteiger partial charge in [0, 0.05) is 24.3 Å². The lowest BCUT2D eigenvalue weighted by molar-refractivity contribution is 0.00587. The van der Waals surface area contributed by atoms with Crippen LogP contribution in [0, 0.1) is 5.82 Å². The van der Waals surface area contributed by atoms with Crippen molar-refractivity contribution in [3.8, 4) is 0 Å². The lowest BCUT2D eigenvalue weighted by Crippen LogP contribution is -2.53. The molecule has 0 radical (unpaired) electrons. The first kappa shape index (κ1) is 9.92. The largest absolute Gasteiger partial charge is 0.399 e. The average Bonchev–Trinajstić information content (AvgIpc) is 2.10. The SMILES string of the molecule is Nc1cc(F)cc(C(=O)N2CC(O)C2)c1. The molecule has 3 N–H and O–H groups in total. The van der Waals surface area contributed by atoms with Crippen LogP contribution in [-0.4, -0.2) is 35.1 Å². The third-order valence-electron chi connectivity index (χ3n) is 2.32. The first-order valence-electron chi connectivity index (χ1n) is 4.59. The molecule has 1 aromatic rings. The lowest BCUT2D eigenvalue weighted by atomic mass is 10.1. The molecular weight excluding hydrogens is 199 g/mol. The van der Waals surface area contributed by atoms with Crippen LogP contribution in [0.3, 0.4) is 0 Å². The van der Waals surface area contributed by atoms with Gasteiger partial charge in [-0.2, -0.15) is 0 Å². The minimum atomic E-state index is -0.528. The summed E-state index contributed by atoms with van der Waals surface area (Å²) in [5.74, 6) is -0.828. The molecule has 1 aromatic carbocycles. The van der Waals surface area contributed by atoms with Gasteiger partial charge in [0.1, 0.15) is 5.82 Å². The Morgan fingerprint density at radius 2 is 2.13 bits per heavy atom. The highest BCUT2D eigenvalue weighted by Crippen LogP contribution is 2.16. The first-order chi connectivity index (χ1) is 7.06. The van der Waals surface area contributed by atoms with Crippen molar-refractivity contribution < 1.29 is 14.3 Å². The summed E-state index contributed by atoms with van der Waals surface area (Å²) in [6.45, 7) is 0.602. The Morgan fingerprint density at radius 1 is 1.47 bits per heavy atom. The number of β-amino-alcohol motifs (C(OH)–C–C–N with tert-alkyl or cyclic N) is 1. The zero-order valence-electron chi connectivity index (χ0n) is 7.98. The molecule has 1 amide bonds. The number of hydrogen-bond acceptors (Lipinski definition) is 3. The van der Waals surface area contributed by atoms with Crippen molar-refractivity contribution in [2.75, 3.05) is 18.8 Å². The first-order valence-corrected chi connectivity index (χ1v) is 4.59. The maximum atomic E-state index is 13.0. The van der Waals surface area contributed by atoms with Gasteiger partial charge in [0.25, 0.3) is 5.91 Å². The number of carbonyl (C=O) groups excluding carboxylic acids is 1. The predicted octanol–water partition coefficient (Wildman–Crippen LogP) is 0.225. The van der Waals surface area contributed by atoms with Gasteiger partial charge < -0.3 is 15.7 Å². The highest BCUT2D eigenvalue weighted by atomic mass is 19.1. The van der Waals surface area contributed by atoms with Crippen LogP contribution in [-0.2, 0) is 0 Å². The van der Waals surface area contributed by atoms with Gasteiger partial charge in [-0.25, -0.2) is 4.39 Å². The van der Waals surface area contributed by atoms with Crippen LogP contribution in [0.4, 0.5) is 10.1 Å². The van der Waals surface area contributed by atoms with Crippen molar-refractivity contribution in [2.45, 2.75) is 6.10 Å². The molecule has 0 atom stereocenters. The molecule has 1 aliphatic rings. The average molecular weight is 210 g/mol. The number of nitrogens with two attached hydrogens (primary N) is 1. The van der Waals surface area contributed by atoms with Gasteiger partial charge in [0.05, 0.1) is 6.10 Å². The van der Waals surface area contributed by atoms with Crippen LogP contribution in [0.2, 0.25) is 0 Å². The fourth-order valence-corrected chi connectivity index (χ4v) is 1.54. The third-order valence-corrected chi connectivity index (χ3v) is 2.32. The molecule has 0 aromatic heterocycles. The van der Waals surface area contributed by atoms with Crippen LogP contribution in [0.15, 0.2) is 18.2 Å². The van der Waals surface area contributed by atoms with E-state index in [1.165, 1.54) is 11.0 Å². The molecule has 1 aliphatic heterocycles. The fraction of sp³-hybridized carbons (Fsp3) is 0.300. The maximum Gasteiger partial charge on any atom is 0.254 e. The quantitative estimate of drug-likeness (QED) is 0.652. The Balaban J connectivity index is 2.18. The van der Waals surface area contributed by atoms with Crippen LogP contribution in [0.1, 0.15) is 10.4 Å². The van der Waals surface area contributed by atoms with Crippen LogP contribution >= 0.6 is 0 Å². The summed E-state index contributed by atoms with van der Waals surface area (Å²) in [5, 5.41) is 9.03. The van der Waals surface area contributed by atoms with Crippen molar-refractivity contribution in [3.05, 3.63) is 29.6 Å². The topological polar surface area (TPSA) is 66.6 Å². The van der Waals surface area contributed by atoms with Gasteiger partial charge >= 0.3 is 0 Å². The van der Waals surface area contributed by atoms with Gasteiger partial charge in [0.15, 0.2) is 0 Å². The second kappa shape index (κ2) is 3.51. The molecule has 0 saturated carbocycles. The Bertz CT molecular complexity index is 382. The van der Waals surface area contributed by atoms with Gasteiger partial charge in [-0.3, -0.25) is 4.79 Å². The van der Waals surface area contributed by atoms with Crippen molar-refractivity contribution >= 4 is 11.6 Å². The van der Waals surface area contributed by atoms with E-state index in [9.17, 15) is 9.18 Å². The normalized spacial score (nSPS) is 16.3. The van der Waals surface area contributed by atoms with E-state index in [0.717, 1.165) is 12.1 Å². The Kier molecular flexibility index (Phi) is 2.32. The van der Waals surface area contributed by atoms with E-state index in [-0.39, 0.29) is 17.2 Å². The monoisotopic (exact) mass is 210 g/mol. The minimum Gasteiger partial charge on any atom is -0.399 e. The molecular formula is C10H11FN2O2. The third kappa shape index (κ3) is 1.92. The molecule has 1 saturated heterocycles. The summed E-state index contributed by atoms with van der Waals surface area (Å²) in [6.07, 6.45) is -0.458. The number of benzene rings is 1. The number of rotatable bonds is 1. The molecule has 0 aliphatic carbocycles. The van der Waals surface area contributed by atoms with E-state index in [4.69, 9.17) is 10.8 Å². The van der Waals surface area contributed by atoms with Crippen LogP contribution < -0.4 is 5.73 Å². The highest BCUT2D eigenvalue weighted by Gasteiger charge is 2.29. The second-order valence-corrected chi connectivity index (χ2v) is 3.64. The highest BCUT2D eigenvalue weighted by molar-refractivity contribution is 5.95. The lowest BCUT2D eigenvalue weighted by Gasteiger charge is -2.35. The molecule has 0 bridgehead atoms. The molecule has 1 fully saturated rings. The summed E-state index contributed by atoms with van der Waals surface area (Å²) in [7, 11) is 0. The molecule has 1 heterocycles. The molecule has 15 heavy (non-hydrogen) atoms.